The molecule has 7 nitrogen and oxygen atoms in total. The van der Waals surface area contributed by atoms with E-state index >= 15 is 0 Å². The van der Waals surface area contributed by atoms with Gasteiger partial charge in [0.25, 0.3) is 0 Å². The average Bonchev–Trinajstić information content (AvgIpc) is 3.19. The zero-order valence-corrected chi connectivity index (χ0v) is 13.7. The van der Waals surface area contributed by atoms with Crippen LogP contribution in [-0.2, 0) is 0 Å². The van der Waals surface area contributed by atoms with Gasteiger partial charge in [0.05, 0.1) is 6.10 Å². The van der Waals surface area contributed by atoms with Gasteiger partial charge in [0, 0.05) is 19.3 Å². The number of nitriles is 1. The van der Waals surface area contributed by atoms with Gasteiger partial charge in [-0.2, -0.15) is 5.26 Å². The number of rotatable bonds is 1. The van der Waals surface area contributed by atoms with Crippen molar-refractivity contribution in [3.8, 4) is 6.07 Å². The largest absolute Gasteiger partial charge is 0.391 e. The summed E-state index contributed by atoms with van der Waals surface area (Å²) in [5.74, 6) is 0.0943. The van der Waals surface area contributed by atoms with E-state index in [0.717, 1.165) is 43.0 Å². The lowest BCUT2D eigenvalue weighted by Gasteiger charge is -2.16. The first kappa shape index (κ1) is 17.6. The van der Waals surface area contributed by atoms with Crippen molar-refractivity contribution < 1.29 is 13.9 Å². The number of fused-ring (bicyclic) bond motifs is 1. The van der Waals surface area contributed by atoms with Gasteiger partial charge in [-0.05, 0) is 36.8 Å². The molecule has 1 fully saturated rings. The Morgan fingerprint density at radius 2 is 1.85 bits per heavy atom. The fourth-order valence-corrected chi connectivity index (χ4v) is 2.60. The molecule has 3 N–H and O–H groups in total. The van der Waals surface area contributed by atoms with E-state index in [-0.39, 0.29) is 17.5 Å². The highest BCUT2D eigenvalue weighted by molar-refractivity contribution is 5.67. The molecule has 0 spiro atoms. The van der Waals surface area contributed by atoms with E-state index in [0.29, 0.717) is 12.2 Å². The minimum Gasteiger partial charge on any atom is -0.391 e. The van der Waals surface area contributed by atoms with Crippen molar-refractivity contribution in [2.24, 2.45) is 0 Å². The van der Waals surface area contributed by atoms with E-state index in [4.69, 9.17) is 11.0 Å². The summed E-state index contributed by atoms with van der Waals surface area (Å²) in [7, 11) is 0. The monoisotopic (exact) mass is 358 g/mol. The summed E-state index contributed by atoms with van der Waals surface area (Å²) in [6.07, 6.45) is 2.15. The molecule has 1 atom stereocenters. The number of halogens is 2. The number of nitrogen functional groups attached to an aromatic ring is 1. The third-order valence-electron chi connectivity index (χ3n) is 3.90. The highest BCUT2D eigenvalue weighted by atomic mass is 19.1. The summed E-state index contributed by atoms with van der Waals surface area (Å²) in [5, 5.41) is 22.6. The SMILES string of the molecule is Fc1ccc(F)cc1.N#Cc1c(N)nn2ccc(N3CCC(O)C3)nc12. The molecule has 3 heterocycles. The normalized spacial score (nSPS) is 16.2. The summed E-state index contributed by atoms with van der Waals surface area (Å²) in [6, 6.07) is 8.13. The topological polar surface area (TPSA) is 103 Å². The Hall–Kier alpha value is -3.25. The van der Waals surface area contributed by atoms with Gasteiger partial charge >= 0.3 is 0 Å². The van der Waals surface area contributed by atoms with Crippen molar-refractivity contribution in [1.29, 1.82) is 5.26 Å². The van der Waals surface area contributed by atoms with E-state index in [1.807, 2.05) is 11.0 Å². The quantitative estimate of drug-likeness (QED) is 0.686. The second-order valence-corrected chi connectivity index (χ2v) is 5.75. The lowest BCUT2D eigenvalue weighted by atomic mass is 10.3. The molecule has 4 rings (SSSR count). The first-order chi connectivity index (χ1) is 12.5. The smallest absolute Gasteiger partial charge is 0.177 e. The molecule has 1 aliphatic heterocycles. The first-order valence-corrected chi connectivity index (χ1v) is 7.87. The molecule has 134 valence electrons. The molecule has 0 amide bonds. The Kier molecular flexibility index (Phi) is 4.95. The highest BCUT2D eigenvalue weighted by Gasteiger charge is 2.22. The Morgan fingerprint density at radius 1 is 1.19 bits per heavy atom. The fraction of sp³-hybridized carbons (Fsp3) is 0.235. The third kappa shape index (κ3) is 3.70. The van der Waals surface area contributed by atoms with Crippen molar-refractivity contribution >= 4 is 17.3 Å². The average molecular weight is 358 g/mol. The molecular formula is C17H16F2N6O. The highest BCUT2D eigenvalue weighted by Crippen LogP contribution is 2.21. The summed E-state index contributed by atoms with van der Waals surface area (Å²) in [5.41, 5.74) is 6.38. The maximum absolute atomic E-state index is 11.9. The van der Waals surface area contributed by atoms with Gasteiger partial charge in [-0.15, -0.1) is 5.10 Å². The minimum absolute atomic E-state index is 0.184. The van der Waals surface area contributed by atoms with E-state index in [2.05, 4.69) is 10.1 Å². The van der Waals surface area contributed by atoms with E-state index in [1.54, 1.807) is 12.3 Å². The predicted octanol–water partition coefficient (Wildman–Crippen LogP) is 1.72. The summed E-state index contributed by atoms with van der Waals surface area (Å²) in [4.78, 5) is 6.38. The van der Waals surface area contributed by atoms with Crippen LogP contribution in [0.1, 0.15) is 12.0 Å². The van der Waals surface area contributed by atoms with Crippen LogP contribution < -0.4 is 10.6 Å². The number of benzene rings is 1. The van der Waals surface area contributed by atoms with E-state index in [9.17, 15) is 13.9 Å². The Morgan fingerprint density at radius 3 is 2.38 bits per heavy atom. The number of aliphatic hydroxyl groups excluding tert-OH is 1. The van der Waals surface area contributed by atoms with Crippen molar-refractivity contribution in [2.75, 3.05) is 23.7 Å². The summed E-state index contributed by atoms with van der Waals surface area (Å²) >= 11 is 0. The Balaban J connectivity index is 0.000000206. The van der Waals surface area contributed by atoms with Gasteiger partial charge in [0.15, 0.2) is 11.5 Å². The van der Waals surface area contributed by atoms with Crippen LogP contribution in [0, 0.1) is 23.0 Å². The number of aliphatic hydroxyl groups is 1. The molecule has 1 unspecified atom stereocenters. The third-order valence-corrected chi connectivity index (χ3v) is 3.90. The standard InChI is InChI=1S/C11H12N6O.C6H4F2/c12-5-8-10(13)15-17-4-2-9(14-11(8)17)16-3-1-7(18)6-16;7-5-1-2-6(8)4-3-5/h2,4,7,18H,1,3,6H2,(H2,13,15);1-4H. The molecule has 0 saturated carbocycles. The maximum atomic E-state index is 11.9. The van der Waals surface area contributed by atoms with Crippen molar-refractivity contribution in [3.05, 3.63) is 53.7 Å². The van der Waals surface area contributed by atoms with Crippen LogP contribution in [-0.4, -0.2) is 38.9 Å². The Labute approximate surface area is 147 Å². The molecule has 0 radical (unpaired) electrons. The maximum Gasteiger partial charge on any atom is 0.177 e. The zero-order chi connectivity index (χ0) is 18.7. The second-order valence-electron chi connectivity index (χ2n) is 5.75. The van der Waals surface area contributed by atoms with Crippen LogP contribution in [0.2, 0.25) is 0 Å². The van der Waals surface area contributed by atoms with Gasteiger partial charge in [-0.1, -0.05) is 0 Å². The molecule has 1 saturated heterocycles. The van der Waals surface area contributed by atoms with Crippen LogP contribution in [0.3, 0.4) is 0 Å². The van der Waals surface area contributed by atoms with Crippen molar-refractivity contribution in [3.63, 3.8) is 0 Å². The van der Waals surface area contributed by atoms with Gasteiger partial charge in [0.1, 0.15) is 29.1 Å². The second kappa shape index (κ2) is 7.33. The van der Waals surface area contributed by atoms with Crippen molar-refractivity contribution in [2.45, 2.75) is 12.5 Å². The van der Waals surface area contributed by atoms with Crippen LogP contribution in [0.5, 0.6) is 0 Å². The summed E-state index contributed by atoms with van der Waals surface area (Å²) in [6.45, 7) is 1.32. The number of β-amino-alcohol motifs (C(OH)–C–C–N with tert-alkyl or cyclic N) is 1. The lowest BCUT2D eigenvalue weighted by Crippen LogP contribution is -2.22. The van der Waals surface area contributed by atoms with Crippen LogP contribution in [0.15, 0.2) is 36.5 Å². The number of hydrogen-bond donors (Lipinski definition) is 2. The van der Waals surface area contributed by atoms with E-state index in [1.165, 1.54) is 4.52 Å². The zero-order valence-electron chi connectivity index (χ0n) is 13.7. The van der Waals surface area contributed by atoms with Crippen LogP contribution >= 0.6 is 0 Å². The van der Waals surface area contributed by atoms with Gasteiger partial charge in [-0.3, -0.25) is 0 Å². The van der Waals surface area contributed by atoms with Crippen molar-refractivity contribution in [1.82, 2.24) is 14.6 Å². The first-order valence-electron chi connectivity index (χ1n) is 7.87. The van der Waals surface area contributed by atoms with Crippen LogP contribution in [0.4, 0.5) is 20.4 Å². The molecular weight excluding hydrogens is 342 g/mol. The predicted molar refractivity (Wildman–Crippen MR) is 91.3 cm³/mol. The molecule has 26 heavy (non-hydrogen) atoms. The molecule has 0 aliphatic carbocycles. The minimum atomic E-state index is -0.411. The van der Waals surface area contributed by atoms with Crippen LogP contribution in [0.25, 0.3) is 5.65 Å². The van der Waals surface area contributed by atoms with Gasteiger partial charge in [0.2, 0.25) is 0 Å². The Bertz CT molecular complexity index is 929. The molecule has 3 aromatic rings. The van der Waals surface area contributed by atoms with Gasteiger partial charge < -0.3 is 15.7 Å². The number of nitrogens with two attached hydrogens (primary N) is 1. The lowest BCUT2D eigenvalue weighted by molar-refractivity contribution is 0.198. The fourth-order valence-electron chi connectivity index (χ4n) is 2.60. The number of nitrogens with zero attached hydrogens (tertiary/aromatic N) is 5. The van der Waals surface area contributed by atoms with Gasteiger partial charge in [-0.25, -0.2) is 18.3 Å². The molecule has 2 aromatic heterocycles. The molecule has 1 aromatic carbocycles. The number of aromatic nitrogens is 3. The summed E-state index contributed by atoms with van der Waals surface area (Å²) < 4.78 is 25.3. The number of anilines is 2. The molecule has 1 aliphatic rings. The van der Waals surface area contributed by atoms with E-state index < -0.39 is 11.6 Å². The molecule has 0 bridgehead atoms. The molecule has 9 heteroatoms. The number of hydrogen-bond acceptors (Lipinski definition) is 6.